The lowest BCUT2D eigenvalue weighted by atomic mass is 9.81. The third-order valence-electron chi connectivity index (χ3n) is 5.38. The van der Waals surface area contributed by atoms with E-state index in [4.69, 9.17) is 9.97 Å². The summed E-state index contributed by atoms with van der Waals surface area (Å²) in [6.45, 7) is 0. The van der Waals surface area contributed by atoms with Crippen molar-refractivity contribution in [3.05, 3.63) is 96.3 Å². The highest BCUT2D eigenvalue weighted by Crippen LogP contribution is 2.55. The molecule has 2 aliphatic rings. The van der Waals surface area contributed by atoms with Crippen LogP contribution in [0.1, 0.15) is 17.2 Å². The zero-order chi connectivity index (χ0) is 17.1. The Morgan fingerprint density at radius 2 is 1.00 bits per heavy atom. The minimum atomic E-state index is 0.0900. The molecule has 3 nitrogen and oxygen atoms in total. The van der Waals surface area contributed by atoms with E-state index in [1.807, 2.05) is 24.5 Å². The predicted octanol–water partition coefficient (Wildman–Crippen LogP) is 5.37. The lowest BCUT2D eigenvalue weighted by Gasteiger charge is -2.43. The van der Waals surface area contributed by atoms with Crippen molar-refractivity contribution in [2.24, 2.45) is 0 Å². The molecule has 0 fully saturated rings. The Bertz CT molecular complexity index is 981. The zero-order valence-electron chi connectivity index (χ0n) is 14.0. The van der Waals surface area contributed by atoms with E-state index >= 15 is 0 Å². The number of nitrogens with zero attached hydrogens (tertiary/aromatic N) is 3. The Morgan fingerprint density at radius 3 is 1.54 bits per heavy atom. The molecular weight excluding hydrogens is 318 g/mol. The number of hydrogen-bond donors (Lipinski definition) is 0. The molecule has 0 N–H and O–H groups in total. The van der Waals surface area contributed by atoms with E-state index < -0.39 is 0 Å². The number of anilines is 2. The Morgan fingerprint density at radius 1 is 0.538 bits per heavy atom. The van der Waals surface area contributed by atoms with Gasteiger partial charge < -0.3 is 0 Å². The van der Waals surface area contributed by atoms with Crippen LogP contribution in [0, 0.1) is 0 Å². The monoisotopic (exact) mass is 333 g/mol. The van der Waals surface area contributed by atoms with Gasteiger partial charge in [-0.05, 0) is 46.5 Å². The molecule has 2 aromatic heterocycles. The van der Waals surface area contributed by atoms with Gasteiger partial charge in [0.2, 0.25) is 0 Å². The van der Waals surface area contributed by atoms with Crippen molar-refractivity contribution in [3.8, 4) is 22.3 Å². The first-order chi connectivity index (χ1) is 12.9. The lowest BCUT2D eigenvalue weighted by molar-refractivity contribution is 0.775. The molecule has 4 aromatic rings. The van der Waals surface area contributed by atoms with Gasteiger partial charge in [-0.25, -0.2) is 9.97 Å². The van der Waals surface area contributed by atoms with Gasteiger partial charge in [-0.2, -0.15) is 0 Å². The summed E-state index contributed by atoms with van der Waals surface area (Å²) in [6, 6.07) is 25.7. The van der Waals surface area contributed by atoms with E-state index in [9.17, 15) is 0 Å². The zero-order valence-corrected chi connectivity index (χ0v) is 14.0. The van der Waals surface area contributed by atoms with E-state index in [1.165, 1.54) is 22.3 Å². The minimum Gasteiger partial charge on any atom is -0.298 e. The normalized spacial score (nSPS) is 13.9. The summed E-state index contributed by atoms with van der Waals surface area (Å²) >= 11 is 0. The molecule has 0 amide bonds. The van der Waals surface area contributed by atoms with Gasteiger partial charge in [0.1, 0.15) is 11.6 Å². The van der Waals surface area contributed by atoms with E-state index in [0.29, 0.717) is 0 Å². The molecule has 2 aliphatic heterocycles. The van der Waals surface area contributed by atoms with Crippen molar-refractivity contribution < 1.29 is 0 Å². The first-order valence-corrected chi connectivity index (χ1v) is 8.81. The number of fused-ring (bicyclic) bond motifs is 11. The lowest BCUT2D eigenvalue weighted by Crippen LogP contribution is -2.33. The largest absolute Gasteiger partial charge is 0.298 e. The maximum atomic E-state index is 4.76. The van der Waals surface area contributed by atoms with Gasteiger partial charge in [0, 0.05) is 23.5 Å². The summed E-state index contributed by atoms with van der Waals surface area (Å²) < 4.78 is 0. The highest BCUT2D eigenvalue weighted by atomic mass is 15.3. The summed E-state index contributed by atoms with van der Waals surface area (Å²) in [5, 5.41) is 0. The Hall–Kier alpha value is -3.46. The van der Waals surface area contributed by atoms with Gasteiger partial charge in [-0.1, -0.05) is 48.5 Å². The van der Waals surface area contributed by atoms with Crippen molar-refractivity contribution in [1.82, 2.24) is 9.97 Å². The summed E-state index contributed by atoms with van der Waals surface area (Å²) in [5.41, 5.74) is 7.44. The fourth-order valence-electron chi connectivity index (χ4n) is 4.35. The SMILES string of the molecule is c1ccc2c(c1)-c1cccnc1N1c3ncccc3-c3ccccc3C21. The van der Waals surface area contributed by atoms with Crippen LogP contribution in [-0.2, 0) is 0 Å². The minimum absolute atomic E-state index is 0.0900. The third-order valence-corrected chi connectivity index (χ3v) is 5.38. The number of pyridine rings is 2. The van der Waals surface area contributed by atoms with Gasteiger partial charge >= 0.3 is 0 Å². The highest BCUT2D eigenvalue weighted by molar-refractivity contribution is 5.94. The van der Waals surface area contributed by atoms with Crippen LogP contribution >= 0.6 is 0 Å². The van der Waals surface area contributed by atoms with Crippen molar-refractivity contribution >= 4 is 11.6 Å². The molecule has 0 bridgehead atoms. The second-order valence-corrected chi connectivity index (χ2v) is 6.70. The quantitative estimate of drug-likeness (QED) is 0.433. The second kappa shape index (κ2) is 5.02. The molecule has 2 aromatic carbocycles. The van der Waals surface area contributed by atoms with Crippen molar-refractivity contribution in [2.45, 2.75) is 6.04 Å². The summed E-state index contributed by atoms with van der Waals surface area (Å²) in [4.78, 5) is 11.8. The van der Waals surface area contributed by atoms with Crippen LogP contribution < -0.4 is 4.90 Å². The summed E-state index contributed by atoms with van der Waals surface area (Å²) in [5.74, 6) is 1.95. The average molecular weight is 333 g/mol. The Kier molecular flexibility index (Phi) is 2.66. The number of rotatable bonds is 0. The van der Waals surface area contributed by atoms with E-state index in [0.717, 1.165) is 22.8 Å². The second-order valence-electron chi connectivity index (χ2n) is 6.70. The Labute approximate surface area is 151 Å². The van der Waals surface area contributed by atoms with Crippen LogP contribution in [0.2, 0.25) is 0 Å². The maximum Gasteiger partial charge on any atom is 0.142 e. The number of benzene rings is 2. The topological polar surface area (TPSA) is 29.0 Å². The highest BCUT2D eigenvalue weighted by Gasteiger charge is 2.39. The molecule has 6 rings (SSSR count). The van der Waals surface area contributed by atoms with Crippen LogP contribution in [0.5, 0.6) is 0 Å². The molecule has 0 radical (unpaired) electrons. The molecule has 0 saturated heterocycles. The number of hydrogen-bond acceptors (Lipinski definition) is 3. The van der Waals surface area contributed by atoms with Gasteiger partial charge in [0.05, 0.1) is 6.04 Å². The first kappa shape index (κ1) is 13.8. The molecule has 3 heteroatoms. The van der Waals surface area contributed by atoms with Crippen molar-refractivity contribution in [1.29, 1.82) is 0 Å². The molecular formula is C23H15N3. The predicted molar refractivity (Wildman–Crippen MR) is 103 cm³/mol. The molecule has 26 heavy (non-hydrogen) atoms. The molecule has 0 aliphatic carbocycles. The van der Waals surface area contributed by atoms with E-state index in [2.05, 4.69) is 65.6 Å². The molecule has 0 unspecified atom stereocenters. The van der Waals surface area contributed by atoms with Crippen LogP contribution in [0.4, 0.5) is 11.6 Å². The fraction of sp³-hybridized carbons (Fsp3) is 0.0435. The third kappa shape index (κ3) is 1.67. The summed E-state index contributed by atoms with van der Waals surface area (Å²) in [7, 11) is 0. The van der Waals surface area contributed by atoms with Gasteiger partial charge in [0.25, 0.3) is 0 Å². The molecule has 0 saturated carbocycles. The van der Waals surface area contributed by atoms with E-state index in [1.54, 1.807) is 0 Å². The van der Waals surface area contributed by atoms with Crippen molar-refractivity contribution in [3.63, 3.8) is 0 Å². The smallest absolute Gasteiger partial charge is 0.142 e. The average Bonchev–Trinajstić information content (AvgIpc) is 2.73. The van der Waals surface area contributed by atoms with Gasteiger partial charge in [0.15, 0.2) is 0 Å². The molecule has 0 spiro atoms. The fourth-order valence-corrected chi connectivity index (χ4v) is 4.35. The standard InChI is InChI=1S/C23H15N3/c1-3-9-17-15(7-1)19-11-5-13-24-22(19)26-21(17)18-10-4-2-8-16(18)20-12-6-14-25-23(20)26/h1-14,21H. The van der Waals surface area contributed by atoms with Crippen LogP contribution in [-0.4, -0.2) is 9.97 Å². The molecule has 122 valence electrons. The van der Waals surface area contributed by atoms with Gasteiger partial charge in [-0.15, -0.1) is 0 Å². The van der Waals surface area contributed by atoms with Crippen LogP contribution in [0.25, 0.3) is 22.3 Å². The van der Waals surface area contributed by atoms with Crippen LogP contribution in [0.3, 0.4) is 0 Å². The molecule has 4 heterocycles. The van der Waals surface area contributed by atoms with Gasteiger partial charge in [-0.3, -0.25) is 4.90 Å². The Balaban J connectivity index is 1.77. The van der Waals surface area contributed by atoms with E-state index in [-0.39, 0.29) is 6.04 Å². The van der Waals surface area contributed by atoms with Crippen LogP contribution in [0.15, 0.2) is 85.2 Å². The molecule has 0 atom stereocenters. The maximum absolute atomic E-state index is 4.76. The summed E-state index contributed by atoms with van der Waals surface area (Å²) in [6.07, 6.45) is 3.74. The number of aromatic nitrogens is 2. The first-order valence-electron chi connectivity index (χ1n) is 8.81. The van der Waals surface area contributed by atoms with Crippen molar-refractivity contribution in [2.75, 3.05) is 4.90 Å².